The zero-order valence-corrected chi connectivity index (χ0v) is 7.15. The molecular formula is C8H7ClFNO. The van der Waals surface area contributed by atoms with Crippen molar-refractivity contribution in [3.8, 4) is 0 Å². The highest BCUT2D eigenvalue weighted by molar-refractivity contribution is 6.33. The van der Waals surface area contributed by atoms with Crippen LogP contribution in [0.2, 0.25) is 5.02 Å². The van der Waals surface area contributed by atoms with Crippen LogP contribution in [0.1, 0.15) is 6.92 Å². The molecule has 2 nitrogen and oxygen atoms in total. The Kier molecular flexibility index (Phi) is 2.65. The van der Waals surface area contributed by atoms with Crippen LogP contribution in [0.3, 0.4) is 0 Å². The minimum absolute atomic E-state index is 0.0340. The van der Waals surface area contributed by atoms with Crippen LogP contribution in [-0.4, -0.2) is 5.91 Å². The maximum atomic E-state index is 12.9. The van der Waals surface area contributed by atoms with E-state index < -0.39 is 5.82 Å². The molecule has 0 aromatic heterocycles. The molecule has 1 aromatic carbocycles. The van der Waals surface area contributed by atoms with Gasteiger partial charge >= 0.3 is 0 Å². The minimum atomic E-state index is -0.530. The summed E-state index contributed by atoms with van der Waals surface area (Å²) in [6.07, 6.45) is 0. The SMILES string of the molecule is CC(=O)Nc1c(F)cccc1Cl. The van der Waals surface area contributed by atoms with Crippen LogP contribution in [0, 0.1) is 5.82 Å². The van der Waals surface area contributed by atoms with Crippen molar-refractivity contribution in [3.63, 3.8) is 0 Å². The van der Waals surface area contributed by atoms with Crippen molar-refractivity contribution in [3.05, 3.63) is 29.0 Å². The zero-order chi connectivity index (χ0) is 9.14. The summed E-state index contributed by atoms with van der Waals surface area (Å²) in [5.41, 5.74) is 0.0340. The number of carbonyl (C=O) groups excluding carboxylic acids is 1. The summed E-state index contributed by atoms with van der Waals surface area (Å²) in [5.74, 6) is -0.875. The highest BCUT2D eigenvalue weighted by Crippen LogP contribution is 2.24. The fourth-order valence-electron chi connectivity index (χ4n) is 0.793. The normalized spacial score (nSPS) is 9.58. The van der Waals surface area contributed by atoms with Gasteiger partial charge in [-0.3, -0.25) is 4.79 Å². The van der Waals surface area contributed by atoms with E-state index in [0.29, 0.717) is 0 Å². The Morgan fingerprint density at radius 3 is 2.75 bits per heavy atom. The van der Waals surface area contributed by atoms with Crippen LogP contribution in [-0.2, 0) is 4.79 Å². The van der Waals surface area contributed by atoms with Gasteiger partial charge in [-0.15, -0.1) is 0 Å². The predicted molar refractivity (Wildman–Crippen MR) is 45.7 cm³/mol. The predicted octanol–water partition coefficient (Wildman–Crippen LogP) is 2.44. The molecule has 1 rings (SSSR count). The molecule has 0 radical (unpaired) electrons. The second-order valence-electron chi connectivity index (χ2n) is 2.28. The number of amides is 1. The lowest BCUT2D eigenvalue weighted by molar-refractivity contribution is -0.114. The second-order valence-corrected chi connectivity index (χ2v) is 2.69. The molecule has 0 fully saturated rings. The van der Waals surface area contributed by atoms with Gasteiger partial charge in [-0.2, -0.15) is 0 Å². The number of nitrogens with one attached hydrogen (secondary N) is 1. The summed E-state index contributed by atoms with van der Waals surface area (Å²) < 4.78 is 12.9. The number of benzene rings is 1. The summed E-state index contributed by atoms with van der Waals surface area (Å²) in [6.45, 7) is 1.29. The molecule has 1 N–H and O–H groups in total. The van der Waals surface area contributed by atoms with Crippen LogP contribution < -0.4 is 5.32 Å². The van der Waals surface area contributed by atoms with Gasteiger partial charge in [0.2, 0.25) is 5.91 Å². The van der Waals surface area contributed by atoms with Crippen molar-refractivity contribution in [1.82, 2.24) is 0 Å². The lowest BCUT2D eigenvalue weighted by Gasteiger charge is -2.04. The fourth-order valence-corrected chi connectivity index (χ4v) is 1.00. The Hall–Kier alpha value is -1.09. The molecule has 0 aliphatic carbocycles. The number of rotatable bonds is 1. The topological polar surface area (TPSA) is 29.1 Å². The van der Waals surface area contributed by atoms with E-state index in [-0.39, 0.29) is 16.6 Å². The molecule has 12 heavy (non-hydrogen) atoms. The molecule has 0 spiro atoms. The Balaban J connectivity index is 3.04. The average Bonchev–Trinajstić information content (AvgIpc) is 1.97. The highest BCUT2D eigenvalue weighted by Gasteiger charge is 2.06. The van der Waals surface area contributed by atoms with Crippen molar-refractivity contribution >= 4 is 23.2 Å². The Morgan fingerprint density at radius 2 is 2.25 bits per heavy atom. The Morgan fingerprint density at radius 1 is 1.58 bits per heavy atom. The van der Waals surface area contributed by atoms with Crippen LogP contribution in [0.4, 0.5) is 10.1 Å². The van der Waals surface area contributed by atoms with Crippen LogP contribution in [0.5, 0.6) is 0 Å². The van der Waals surface area contributed by atoms with Gasteiger partial charge in [-0.1, -0.05) is 17.7 Å². The maximum absolute atomic E-state index is 12.9. The largest absolute Gasteiger partial charge is 0.323 e. The van der Waals surface area contributed by atoms with Gasteiger partial charge in [0.15, 0.2) is 0 Å². The standard InChI is InChI=1S/C8H7ClFNO/c1-5(12)11-8-6(9)3-2-4-7(8)10/h2-4H,1H3,(H,11,12). The Bertz CT molecular complexity index is 294. The number of para-hydroxylation sites is 1. The van der Waals surface area contributed by atoms with E-state index in [1.165, 1.54) is 25.1 Å². The van der Waals surface area contributed by atoms with Crippen molar-refractivity contribution in [2.24, 2.45) is 0 Å². The van der Waals surface area contributed by atoms with E-state index in [1.54, 1.807) is 0 Å². The number of anilines is 1. The van der Waals surface area contributed by atoms with Crippen molar-refractivity contribution in [1.29, 1.82) is 0 Å². The van der Waals surface area contributed by atoms with Crippen LogP contribution in [0.25, 0.3) is 0 Å². The lowest BCUT2D eigenvalue weighted by atomic mass is 10.3. The molecule has 0 bridgehead atoms. The fraction of sp³-hybridized carbons (Fsp3) is 0.125. The molecule has 0 aliphatic heterocycles. The minimum Gasteiger partial charge on any atom is -0.323 e. The van der Waals surface area contributed by atoms with Gasteiger partial charge in [0, 0.05) is 6.92 Å². The third-order valence-corrected chi connectivity index (χ3v) is 1.58. The van der Waals surface area contributed by atoms with E-state index in [0.717, 1.165) is 0 Å². The molecular weight excluding hydrogens is 181 g/mol. The first-order valence-electron chi connectivity index (χ1n) is 3.33. The lowest BCUT2D eigenvalue weighted by Crippen LogP contribution is -2.07. The van der Waals surface area contributed by atoms with Crippen molar-refractivity contribution in [2.75, 3.05) is 5.32 Å². The van der Waals surface area contributed by atoms with Crippen LogP contribution in [0.15, 0.2) is 18.2 Å². The summed E-state index contributed by atoms with van der Waals surface area (Å²) in [7, 11) is 0. The average molecular weight is 188 g/mol. The summed E-state index contributed by atoms with van der Waals surface area (Å²) in [4.78, 5) is 10.6. The third-order valence-electron chi connectivity index (χ3n) is 1.26. The van der Waals surface area contributed by atoms with E-state index in [9.17, 15) is 9.18 Å². The van der Waals surface area contributed by atoms with Gasteiger partial charge in [-0.25, -0.2) is 4.39 Å². The molecule has 1 amide bonds. The first kappa shape index (κ1) is 9.00. The summed E-state index contributed by atoms with van der Waals surface area (Å²) >= 11 is 5.62. The molecule has 0 saturated carbocycles. The first-order chi connectivity index (χ1) is 5.61. The Labute approximate surface area is 74.3 Å². The first-order valence-corrected chi connectivity index (χ1v) is 3.70. The van der Waals surface area contributed by atoms with Crippen LogP contribution >= 0.6 is 11.6 Å². The van der Waals surface area contributed by atoms with E-state index in [1.807, 2.05) is 0 Å². The van der Waals surface area contributed by atoms with E-state index >= 15 is 0 Å². The second kappa shape index (κ2) is 3.54. The van der Waals surface area contributed by atoms with Gasteiger partial charge in [0.05, 0.1) is 10.7 Å². The molecule has 4 heteroatoms. The molecule has 0 unspecified atom stereocenters. The van der Waals surface area contributed by atoms with Crippen molar-refractivity contribution < 1.29 is 9.18 Å². The zero-order valence-electron chi connectivity index (χ0n) is 6.40. The van der Waals surface area contributed by atoms with E-state index in [4.69, 9.17) is 11.6 Å². The molecule has 0 saturated heterocycles. The molecule has 64 valence electrons. The van der Waals surface area contributed by atoms with Gasteiger partial charge < -0.3 is 5.32 Å². The summed E-state index contributed by atoms with van der Waals surface area (Å²) in [5, 5.41) is 2.49. The number of halogens is 2. The summed E-state index contributed by atoms with van der Waals surface area (Å²) in [6, 6.07) is 4.22. The van der Waals surface area contributed by atoms with E-state index in [2.05, 4.69) is 5.32 Å². The monoisotopic (exact) mass is 187 g/mol. The number of hydrogen-bond donors (Lipinski definition) is 1. The van der Waals surface area contributed by atoms with Gasteiger partial charge in [-0.05, 0) is 12.1 Å². The molecule has 0 aliphatic rings. The third kappa shape index (κ3) is 1.95. The number of hydrogen-bond acceptors (Lipinski definition) is 1. The van der Waals surface area contributed by atoms with Gasteiger partial charge in [0.25, 0.3) is 0 Å². The molecule has 0 heterocycles. The maximum Gasteiger partial charge on any atom is 0.221 e. The highest BCUT2D eigenvalue weighted by atomic mass is 35.5. The van der Waals surface area contributed by atoms with Gasteiger partial charge in [0.1, 0.15) is 5.82 Å². The number of carbonyl (C=O) groups is 1. The quantitative estimate of drug-likeness (QED) is 0.719. The smallest absolute Gasteiger partial charge is 0.221 e. The molecule has 0 atom stereocenters. The molecule has 1 aromatic rings. The van der Waals surface area contributed by atoms with Crippen molar-refractivity contribution in [2.45, 2.75) is 6.92 Å².